The van der Waals surface area contributed by atoms with Gasteiger partial charge in [-0.15, -0.1) is 0 Å². The Labute approximate surface area is 116 Å². The summed E-state index contributed by atoms with van der Waals surface area (Å²) in [5.74, 6) is -0.721. The second-order valence-electron chi connectivity index (χ2n) is 3.73. The highest BCUT2D eigenvalue weighted by Crippen LogP contribution is 2.19. The Morgan fingerprint density at radius 1 is 1.56 bits per heavy atom. The van der Waals surface area contributed by atoms with E-state index in [1.54, 1.807) is 4.90 Å². The lowest BCUT2D eigenvalue weighted by Crippen LogP contribution is -2.33. The molecule has 0 aliphatic rings. The molecule has 6 heteroatoms. The van der Waals surface area contributed by atoms with E-state index >= 15 is 0 Å². The number of nitrogens with two attached hydrogens (primary N) is 1. The molecule has 0 aliphatic heterocycles. The van der Waals surface area contributed by atoms with Crippen LogP contribution in [-0.2, 0) is 0 Å². The van der Waals surface area contributed by atoms with E-state index in [2.05, 4.69) is 0 Å². The third-order valence-electron chi connectivity index (χ3n) is 2.46. The van der Waals surface area contributed by atoms with Gasteiger partial charge in [-0.2, -0.15) is 0 Å². The van der Waals surface area contributed by atoms with E-state index in [9.17, 15) is 9.18 Å². The van der Waals surface area contributed by atoms with Crippen molar-refractivity contribution in [3.63, 3.8) is 0 Å². The van der Waals surface area contributed by atoms with Gasteiger partial charge in [0.2, 0.25) is 0 Å². The van der Waals surface area contributed by atoms with Gasteiger partial charge in [-0.3, -0.25) is 4.79 Å². The molecular weight excluding hydrogens is 275 g/mol. The number of nitrogens with zero attached hydrogens (tertiary/aromatic N) is 1. The fourth-order valence-corrected chi connectivity index (χ4v) is 1.82. The van der Waals surface area contributed by atoms with Crippen molar-refractivity contribution in [3.8, 4) is 0 Å². The predicted octanol–water partition coefficient (Wildman–Crippen LogP) is 2.62. The van der Waals surface area contributed by atoms with E-state index < -0.39 is 5.82 Å². The first kappa shape index (κ1) is 14.9. The molecule has 1 aromatic rings. The van der Waals surface area contributed by atoms with Crippen molar-refractivity contribution in [3.05, 3.63) is 34.6 Å². The lowest BCUT2D eigenvalue weighted by Gasteiger charge is -2.21. The van der Waals surface area contributed by atoms with Crippen molar-refractivity contribution in [2.45, 2.75) is 13.3 Å². The average Bonchev–Trinajstić information content (AvgIpc) is 2.29. The van der Waals surface area contributed by atoms with Crippen molar-refractivity contribution in [1.82, 2.24) is 4.90 Å². The van der Waals surface area contributed by atoms with Crippen LogP contribution in [0.3, 0.4) is 0 Å². The van der Waals surface area contributed by atoms with E-state index in [1.807, 2.05) is 6.92 Å². The highest BCUT2D eigenvalue weighted by atomic mass is 35.5. The van der Waals surface area contributed by atoms with Crippen LogP contribution in [0.1, 0.15) is 23.7 Å². The van der Waals surface area contributed by atoms with Crippen LogP contribution in [0.15, 0.2) is 18.2 Å². The molecule has 0 aromatic heterocycles. The first-order chi connectivity index (χ1) is 8.45. The molecule has 0 bridgehead atoms. The highest BCUT2D eigenvalue weighted by molar-refractivity contribution is 7.80. The van der Waals surface area contributed by atoms with Gasteiger partial charge in [0.05, 0.1) is 15.6 Å². The van der Waals surface area contributed by atoms with Crippen molar-refractivity contribution in [1.29, 1.82) is 0 Å². The van der Waals surface area contributed by atoms with E-state index in [1.165, 1.54) is 12.1 Å². The summed E-state index contributed by atoms with van der Waals surface area (Å²) >= 11 is 10.6. The Balaban J connectivity index is 2.86. The summed E-state index contributed by atoms with van der Waals surface area (Å²) in [5, 5.41) is 0.105. The molecule has 0 aliphatic carbocycles. The van der Waals surface area contributed by atoms with Gasteiger partial charge in [0, 0.05) is 19.5 Å². The van der Waals surface area contributed by atoms with Crippen LogP contribution in [0, 0.1) is 5.82 Å². The quantitative estimate of drug-likeness (QED) is 0.847. The Morgan fingerprint density at radius 3 is 2.72 bits per heavy atom. The molecule has 1 aromatic carbocycles. The third-order valence-corrected chi connectivity index (χ3v) is 2.98. The van der Waals surface area contributed by atoms with Crippen molar-refractivity contribution >= 4 is 34.7 Å². The summed E-state index contributed by atoms with van der Waals surface area (Å²) in [6.07, 6.45) is 0.452. The van der Waals surface area contributed by atoms with Gasteiger partial charge < -0.3 is 10.6 Å². The zero-order chi connectivity index (χ0) is 13.7. The molecule has 1 rings (SSSR count). The van der Waals surface area contributed by atoms with Crippen LogP contribution in [0.4, 0.5) is 4.39 Å². The Bertz CT molecular complexity index is 467. The fraction of sp³-hybridized carbons (Fsp3) is 0.333. The van der Waals surface area contributed by atoms with Crippen LogP contribution in [0.2, 0.25) is 5.02 Å². The molecule has 2 N–H and O–H groups in total. The molecule has 0 atom stereocenters. The zero-order valence-corrected chi connectivity index (χ0v) is 11.5. The maximum Gasteiger partial charge on any atom is 0.255 e. The molecule has 3 nitrogen and oxygen atoms in total. The first-order valence-electron chi connectivity index (χ1n) is 5.48. The molecule has 0 unspecified atom stereocenters. The van der Waals surface area contributed by atoms with Crippen LogP contribution in [-0.4, -0.2) is 28.9 Å². The Kier molecular flexibility index (Phi) is 5.50. The van der Waals surface area contributed by atoms with Gasteiger partial charge in [0.25, 0.3) is 5.91 Å². The molecule has 0 saturated carbocycles. The number of hydrogen-bond donors (Lipinski definition) is 1. The number of halogens is 2. The summed E-state index contributed by atoms with van der Waals surface area (Å²) in [5.41, 5.74) is 5.68. The topological polar surface area (TPSA) is 46.3 Å². The second kappa shape index (κ2) is 6.66. The Hall–Kier alpha value is -1.20. The van der Waals surface area contributed by atoms with Crippen molar-refractivity contribution < 1.29 is 9.18 Å². The number of carbonyl (C=O) groups excluding carboxylic acids is 1. The van der Waals surface area contributed by atoms with Crippen LogP contribution < -0.4 is 5.73 Å². The summed E-state index contributed by atoms with van der Waals surface area (Å²) in [6.45, 7) is 2.78. The fourth-order valence-electron chi connectivity index (χ4n) is 1.48. The predicted molar refractivity (Wildman–Crippen MR) is 74.4 cm³/mol. The number of thiocarbonyl (C=S) groups is 1. The summed E-state index contributed by atoms with van der Waals surface area (Å²) in [6, 6.07) is 3.71. The minimum absolute atomic E-state index is 0.105. The van der Waals surface area contributed by atoms with Gasteiger partial charge >= 0.3 is 0 Å². The highest BCUT2D eigenvalue weighted by Gasteiger charge is 2.17. The summed E-state index contributed by atoms with van der Waals surface area (Å²) in [7, 11) is 0. The van der Waals surface area contributed by atoms with Crippen molar-refractivity contribution in [2.75, 3.05) is 13.1 Å². The molecule has 0 spiro atoms. The largest absolute Gasteiger partial charge is 0.393 e. The average molecular weight is 289 g/mol. The maximum atomic E-state index is 12.9. The first-order valence-corrected chi connectivity index (χ1v) is 6.27. The zero-order valence-electron chi connectivity index (χ0n) is 9.95. The van der Waals surface area contributed by atoms with Gasteiger partial charge in [-0.05, 0) is 25.1 Å². The standard InChI is InChI=1S/C12H14ClFN2OS/c1-2-16(6-5-11(15)18)12(17)9-4-3-8(14)7-10(9)13/h3-4,7H,2,5-6H2,1H3,(H2,15,18). The third kappa shape index (κ3) is 3.92. The van der Waals surface area contributed by atoms with Gasteiger partial charge in [0.1, 0.15) is 5.82 Å². The monoisotopic (exact) mass is 288 g/mol. The van der Waals surface area contributed by atoms with Crippen LogP contribution in [0.25, 0.3) is 0 Å². The maximum absolute atomic E-state index is 12.9. The number of rotatable bonds is 5. The van der Waals surface area contributed by atoms with Gasteiger partial charge in [0.15, 0.2) is 0 Å². The lowest BCUT2D eigenvalue weighted by atomic mass is 10.2. The molecule has 0 radical (unpaired) electrons. The van der Waals surface area contributed by atoms with Gasteiger partial charge in [-0.25, -0.2) is 4.39 Å². The van der Waals surface area contributed by atoms with Crippen LogP contribution >= 0.6 is 23.8 Å². The minimum Gasteiger partial charge on any atom is -0.393 e. The van der Waals surface area contributed by atoms with E-state index in [-0.39, 0.29) is 16.5 Å². The number of amides is 1. The molecule has 18 heavy (non-hydrogen) atoms. The molecule has 98 valence electrons. The molecular formula is C12H14ClFN2OS. The van der Waals surface area contributed by atoms with E-state index in [4.69, 9.17) is 29.6 Å². The van der Waals surface area contributed by atoms with Crippen molar-refractivity contribution in [2.24, 2.45) is 5.73 Å². The van der Waals surface area contributed by atoms with E-state index in [0.717, 1.165) is 6.07 Å². The smallest absolute Gasteiger partial charge is 0.255 e. The number of carbonyl (C=O) groups is 1. The molecule has 0 saturated heterocycles. The lowest BCUT2D eigenvalue weighted by molar-refractivity contribution is 0.0769. The second-order valence-corrected chi connectivity index (χ2v) is 4.66. The number of hydrogen-bond acceptors (Lipinski definition) is 2. The minimum atomic E-state index is -0.470. The molecule has 1 amide bonds. The summed E-state index contributed by atoms with van der Waals surface area (Å²) < 4.78 is 12.9. The van der Waals surface area contributed by atoms with Crippen LogP contribution in [0.5, 0.6) is 0 Å². The molecule has 0 fully saturated rings. The normalized spacial score (nSPS) is 10.2. The summed E-state index contributed by atoms with van der Waals surface area (Å²) in [4.78, 5) is 14.1. The Morgan fingerprint density at radius 2 is 2.22 bits per heavy atom. The SMILES string of the molecule is CCN(CCC(N)=S)C(=O)c1ccc(F)cc1Cl. The molecule has 0 heterocycles. The van der Waals surface area contributed by atoms with E-state index in [0.29, 0.717) is 24.5 Å². The van der Waals surface area contributed by atoms with Gasteiger partial charge in [-0.1, -0.05) is 23.8 Å². The number of benzene rings is 1.